The third-order valence-electron chi connectivity index (χ3n) is 3.26. The fraction of sp³-hybridized carbons (Fsp3) is 0.0667. The molecule has 0 aliphatic heterocycles. The van der Waals surface area contributed by atoms with E-state index in [0.717, 1.165) is 20.5 Å². The Bertz CT molecular complexity index is 1020. The summed E-state index contributed by atoms with van der Waals surface area (Å²) in [6.45, 7) is 0. The molecule has 2 heterocycles. The zero-order chi connectivity index (χ0) is 14.9. The van der Waals surface area contributed by atoms with E-state index < -0.39 is 0 Å². The van der Waals surface area contributed by atoms with E-state index in [1.807, 2.05) is 48.0 Å². The monoisotopic (exact) mass is 325 g/mol. The molecule has 0 saturated carbocycles. The average Bonchev–Trinajstić information content (AvgIpc) is 3.09. The van der Waals surface area contributed by atoms with Crippen molar-refractivity contribution < 1.29 is 0 Å². The van der Waals surface area contributed by atoms with Crippen LogP contribution in [0.4, 0.5) is 5.13 Å². The van der Waals surface area contributed by atoms with Gasteiger partial charge in [0.2, 0.25) is 9.93 Å². The normalized spacial score (nSPS) is 12.9. The van der Waals surface area contributed by atoms with Crippen molar-refractivity contribution in [3.05, 3.63) is 53.3 Å². The van der Waals surface area contributed by atoms with E-state index in [0.29, 0.717) is 5.13 Å². The second-order valence-corrected chi connectivity index (χ2v) is 6.68. The molecule has 0 fully saturated rings. The lowest BCUT2D eigenvalue weighted by Gasteiger charge is -1.91. The van der Waals surface area contributed by atoms with Gasteiger partial charge in [-0.05, 0) is 29.5 Å². The molecule has 2 aromatic carbocycles. The molecule has 0 atom stereocenters. The Kier molecular flexibility index (Phi) is 3.28. The first-order chi connectivity index (χ1) is 10.8. The molecule has 2 aromatic heterocycles. The summed E-state index contributed by atoms with van der Waals surface area (Å²) in [6.07, 6.45) is 0. The van der Waals surface area contributed by atoms with Crippen LogP contribution < -0.4 is 4.80 Å². The van der Waals surface area contributed by atoms with Gasteiger partial charge in [0.15, 0.2) is 0 Å². The van der Waals surface area contributed by atoms with E-state index in [4.69, 9.17) is 0 Å². The molecule has 0 bridgehead atoms. The minimum absolute atomic E-state index is 0.619. The van der Waals surface area contributed by atoms with Crippen LogP contribution in [-0.2, 0) is 7.05 Å². The molecule has 4 aromatic rings. The summed E-state index contributed by atoms with van der Waals surface area (Å²) in [4.78, 5) is 5.21. The highest BCUT2D eigenvalue weighted by molar-refractivity contribution is 7.21. The molecule has 5 nitrogen and oxygen atoms in total. The number of hydrogen-bond acceptors (Lipinski definition) is 5. The molecule has 4 rings (SSSR count). The SMILES string of the molecule is Cn1/c(=N/N=Nc2nc3ccccc3s2)sc2ccccc21. The highest BCUT2D eigenvalue weighted by Crippen LogP contribution is 2.27. The fourth-order valence-electron chi connectivity index (χ4n) is 2.18. The molecular weight excluding hydrogens is 314 g/mol. The Hall–Kier alpha value is -2.38. The smallest absolute Gasteiger partial charge is 0.232 e. The molecular formula is C15H11N5S2. The Morgan fingerprint density at radius 3 is 2.55 bits per heavy atom. The van der Waals surface area contributed by atoms with E-state index in [1.54, 1.807) is 11.3 Å². The van der Waals surface area contributed by atoms with Crippen molar-refractivity contribution in [3.63, 3.8) is 0 Å². The van der Waals surface area contributed by atoms with Crippen LogP contribution in [0.3, 0.4) is 0 Å². The van der Waals surface area contributed by atoms with Crippen molar-refractivity contribution in [2.45, 2.75) is 0 Å². The predicted octanol–water partition coefficient (Wildman–Crippen LogP) is 4.45. The number of aromatic nitrogens is 2. The summed E-state index contributed by atoms with van der Waals surface area (Å²) in [5.74, 6) is 0. The molecule has 0 amide bonds. The third-order valence-corrected chi connectivity index (χ3v) is 5.28. The summed E-state index contributed by atoms with van der Waals surface area (Å²) in [5, 5.41) is 12.9. The van der Waals surface area contributed by atoms with Crippen LogP contribution in [0.25, 0.3) is 20.4 Å². The van der Waals surface area contributed by atoms with Crippen molar-refractivity contribution in [1.29, 1.82) is 0 Å². The van der Waals surface area contributed by atoms with Gasteiger partial charge in [-0.3, -0.25) is 0 Å². The van der Waals surface area contributed by atoms with Gasteiger partial charge in [-0.1, -0.05) is 52.1 Å². The number of para-hydroxylation sites is 2. The average molecular weight is 325 g/mol. The minimum atomic E-state index is 0.619. The second-order valence-electron chi connectivity index (χ2n) is 4.66. The standard InChI is InChI=1S/C15H11N5S2/c1-20-11-7-3-5-9-13(11)22-15(20)18-19-17-14-16-10-6-2-4-8-12(10)21-14/h2-9H,1H3/b18-15-,19-17?. The first-order valence-electron chi connectivity index (χ1n) is 6.66. The van der Waals surface area contributed by atoms with Crippen LogP contribution in [0.1, 0.15) is 0 Å². The number of aryl methyl sites for hydroxylation is 1. The van der Waals surface area contributed by atoms with Crippen molar-refractivity contribution in [3.8, 4) is 0 Å². The van der Waals surface area contributed by atoms with Crippen LogP contribution in [0, 0.1) is 0 Å². The highest BCUT2D eigenvalue weighted by Gasteiger charge is 2.02. The Labute approximate surface area is 133 Å². The molecule has 0 aliphatic carbocycles. The van der Waals surface area contributed by atoms with Crippen molar-refractivity contribution in [1.82, 2.24) is 9.55 Å². The number of rotatable bonds is 2. The zero-order valence-corrected chi connectivity index (χ0v) is 13.3. The van der Waals surface area contributed by atoms with Crippen LogP contribution in [-0.4, -0.2) is 9.55 Å². The maximum Gasteiger partial charge on any atom is 0.232 e. The van der Waals surface area contributed by atoms with Crippen molar-refractivity contribution in [2.75, 3.05) is 0 Å². The first-order valence-corrected chi connectivity index (χ1v) is 8.29. The highest BCUT2D eigenvalue weighted by atomic mass is 32.1. The van der Waals surface area contributed by atoms with E-state index in [9.17, 15) is 0 Å². The van der Waals surface area contributed by atoms with Gasteiger partial charge in [-0.2, -0.15) is 0 Å². The predicted molar refractivity (Wildman–Crippen MR) is 90.5 cm³/mol. The van der Waals surface area contributed by atoms with Crippen LogP contribution in [0.15, 0.2) is 64.0 Å². The maximum atomic E-state index is 4.40. The van der Waals surface area contributed by atoms with Crippen LogP contribution >= 0.6 is 22.7 Å². The van der Waals surface area contributed by atoms with Crippen LogP contribution in [0.2, 0.25) is 0 Å². The number of thiazole rings is 2. The third kappa shape index (κ3) is 2.34. The molecule has 0 N–H and O–H groups in total. The van der Waals surface area contributed by atoms with Crippen molar-refractivity contribution >= 4 is 48.2 Å². The molecule has 0 unspecified atom stereocenters. The largest absolute Gasteiger partial charge is 0.318 e. The Morgan fingerprint density at radius 2 is 1.73 bits per heavy atom. The van der Waals surface area contributed by atoms with E-state index in [-0.39, 0.29) is 0 Å². The Morgan fingerprint density at radius 1 is 0.955 bits per heavy atom. The molecule has 0 radical (unpaired) electrons. The molecule has 0 aliphatic rings. The van der Waals surface area contributed by atoms with Gasteiger partial charge in [0.25, 0.3) is 0 Å². The second kappa shape index (κ2) is 5.43. The number of hydrogen-bond donors (Lipinski definition) is 0. The summed E-state index contributed by atoms with van der Waals surface area (Å²) in [7, 11) is 1.98. The van der Waals surface area contributed by atoms with Crippen molar-refractivity contribution in [2.24, 2.45) is 22.5 Å². The number of nitrogens with zero attached hydrogens (tertiary/aromatic N) is 5. The first kappa shape index (κ1) is 13.3. The van der Waals surface area contributed by atoms with E-state index >= 15 is 0 Å². The summed E-state index contributed by atoms with van der Waals surface area (Å²) < 4.78 is 4.29. The quantitative estimate of drug-likeness (QED) is 0.397. The van der Waals surface area contributed by atoms with Crippen LogP contribution in [0.5, 0.6) is 0 Å². The lowest BCUT2D eigenvalue weighted by molar-refractivity contribution is 0.867. The van der Waals surface area contributed by atoms with E-state index in [2.05, 4.69) is 32.6 Å². The van der Waals surface area contributed by atoms with Gasteiger partial charge in [-0.25, -0.2) is 4.98 Å². The maximum absolute atomic E-state index is 4.40. The lowest BCUT2D eigenvalue weighted by Crippen LogP contribution is -2.08. The fourth-order valence-corrected chi connectivity index (χ4v) is 3.93. The summed E-state index contributed by atoms with van der Waals surface area (Å²) >= 11 is 3.10. The Balaban J connectivity index is 1.71. The molecule has 0 spiro atoms. The molecule has 22 heavy (non-hydrogen) atoms. The van der Waals surface area contributed by atoms with E-state index in [1.165, 1.54) is 16.0 Å². The molecule has 7 heteroatoms. The minimum Gasteiger partial charge on any atom is -0.318 e. The van der Waals surface area contributed by atoms with Gasteiger partial charge in [0, 0.05) is 7.05 Å². The van der Waals surface area contributed by atoms with Gasteiger partial charge in [0.1, 0.15) is 0 Å². The van der Waals surface area contributed by atoms with Gasteiger partial charge in [-0.15, -0.1) is 5.10 Å². The summed E-state index contributed by atoms with van der Waals surface area (Å²) in [5.41, 5.74) is 2.08. The molecule has 0 saturated heterocycles. The van der Waals surface area contributed by atoms with Gasteiger partial charge in [0.05, 0.1) is 20.4 Å². The molecule has 108 valence electrons. The number of fused-ring (bicyclic) bond motifs is 2. The number of benzene rings is 2. The van der Waals surface area contributed by atoms with Gasteiger partial charge < -0.3 is 4.57 Å². The topological polar surface area (TPSA) is 54.9 Å². The lowest BCUT2D eigenvalue weighted by atomic mass is 10.3. The zero-order valence-electron chi connectivity index (χ0n) is 11.7. The summed E-state index contributed by atoms with van der Waals surface area (Å²) in [6, 6.07) is 16.1. The van der Waals surface area contributed by atoms with Gasteiger partial charge >= 0.3 is 0 Å².